The first-order valence-electron chi connectivity index (χ1n) is 11.3. The van der Waals surface area contributed by atoms with Crippen LogP contribution in [0.25, 0.3) is 16.5 Å². The quantitative estimate of drug-likeness (QED) is 0.563. The van der Waals surface area contributed by atoms with E-state index in [9.17, 15) is 9.18 Å². The third-order valence-corrected chi connectivity index (χ3v) is 6.58. The molecule has 0 fully saturated rings. The van der Waals surface area contributed by atoms with Crippen molar-refractivity contribution in [3.05, 3.63) is 71.7 Å². The number of benzene rings is 2. The molecule has 31 heavy (non-hydrogen) atoms. The lowest BCUT2D eigenvalue weighted by molar-refractivity contribution is -0.118. The predicted octanol–water partition coefficient (Wildman–Crippen LogP) is 5.16. The average molecular weight is 418 g/mol. The zero-order valence-corrected chi connectivity index (χ0v) is 17.7. The van der Waals surface area contributed by atoms with Gasteiger partial charge in [-0.3, -0.25) is 9.69 Å². The van der Waals surface area contributed by atoms with Gasteiger partial charge in [0.15, 0.2) is 0 Å². The molecule has 1 N–H and O–H groups in total. The molecular formula is C26H28FN3O. The number of aromatic nitrogens is 1. The van der Waals surface area contributed by atoms with Crippen LogP contribution in [0, 0.1) is 5.82 Å². The molecule has 4 nitrogen and oxygen atoms in total. The van der Waals surface area contributed by atoms with Crippen molar-refractivity contribution in [2.24, 2.45) is 0 Å². The third kappa shape index (κ3) is 4.15. The second-order valence-electron chi connectivity index (χ2n) is 8.55. The normalized spacial score (nSPS) is 17.1. The summed E-state index contributed by atoms with van der Waals surface area (Å²) in [7, 11) is 0. The number of nitrogens with zero attached hydrogens (tertiary/aromatic N) is 2. The van der Waals surface area contributed by atoms with Crippen LogP contribution in [0.2, 0.25) is 0 Å². The number of anilines is 1. The van der Waals surface area contributed by atoms with Crippen molar-refractivity contribution in [3.63, 3.8) is 0 Å². The Balaban J connectivity index is 1.14. The van der Waals surface area contributed by atoms with Gasteiger partial charge in [0.1, 0.15) is 5.82 Å². The van der Waals surface area contributed by atoms with E-state index in [1.54, 1.807) is 12.1 Å². The molecule has 0 saturated carbocycles. The number of aryl methyl sites for hydroxylation is 1. The van der Waals surface area contributed by atoms with Crippen molar-refractivity contribution in [2.75, 3.05) is 31.1 Å². The Hall–Kier alpha value is -2.92. The van der Waals surface area contributed by atoms with E-state index in [4.69, 9.17) is 0 Å². The van der Waals surface area contributed by atoms with Gasteiger partial charge in [0, 0.05) is 54.4 Å². The van der Waals surface area contributed by atoms with E-state index in [-0.39, 0.29) is 11.7 Å². The zero-order valence-electron chi connectivity index (χ0n) is 17.7. The molecule has 5 heteroatoms. The molecule has 0 atom stereocenters. The van der Waals surface area contributed by atoms with Gasteiger partial charge in [-0.1, -0.05) is 24.3 Å². The minimum Gasteiger partial charge on any atom is -0.361 e. The molecule has 0 aliphatic carbocycles. The van der Waals surface area contributed by atoms with Gasteiger partial charge in [-0.15, -0.1) is 0 Å². The molecule has 0 bridgehead atoms. The van der Waals surface area contributed by atoms with Crippen molar-refractivity contribution in [2.45, 2.75) is 32.1 Å². The summed E-state index contributed by atoms with van der Waals surface area (Å²) in [5.74, 6) is 0.0561. The summed E-state index contributed by atoms with van der Waals surface area (Å²) in [6.07, 6.45) is 8.82. The molecule has 2 aliphatic rings. The van der Waals surface area contributed by atoms with Gasteiger partial charge in [-0.25, -0.2) is 4.39 Å². The summed E-state index contributed by atoms with van der Waals surface area (Å²) in [6.45, 7) is 3.77. The second kappa shape index (κ2) is 8.67. The van der Waals surface area contributed by atoms with E-state index in [0.717, 1.165) is 74.0 Å². The van der Waals surface area contributed by atoms with Gasteiger partial charge >= 0.3 is 0 Å². The number of halogens is 1. The van der Waals surface area contributed by atoms with Crippen molar-refractivity contribution in [1.29, 1.82) is 0 Å². The van der Waals surface area contributed by atoms with Gasteiger partial charge in [-0.2, -0.15) is 0 Å². The number of nitrogens with one attached hydrogen (secondary N) is 1. The molecule has 1 aromatic heterocycles. The summed E-state index contributed by atoms with van der Waals surface area (Å²) in [5.41, 5.74) is 5.78. The van der Waals surface area contributed by atoms with E-state index in [1.807, 2.05) is 17.2 Å². The smallest absolute Gasteiger partial charge is 0.227 e. The maximum absolute atomic E-state index is 13.7. The minimum absolute atomic E-state index is 0.193. The Bertz CT molecular complexity index is 1130. The third-order valence-electron chi connectivity index (χ3n) is 6.58. The van der Waals surface area contributed by atoms with Crippen molar-refractivity contribution >= 4 is 28.1 Å². The summed E-state index contributed by atoms with van der Waals surface area (Å²) < 4.78 is 13.7. The Kier molecular flexibility index (Phi) is 5.60. The van der Waals surface area contributed by atoms with Crippen LogP contribution in [-0.2, 0) is 11.2 Å². The Morgan fingerprint density at radius 2 is 1.87 bits per heavy atom. The number of hydrogen-bond donors (Lipinski definition) is 1. The summed E-state index contributed by atoms with van der Waals surface area (Å²) in [5, 5.41) is 0.964. The van der Waals surface area contributed by atoms with Crippen LogP contribution in [0.15, 0.2) is 54.7 Å². The number of carbonyl (C=O) groups excluding carboxylic acids is 1. The Morgan fingerprint density at radius 3 is 2.74 bits per heavy atom. The number of amides is 1. The number of fused-ring (bicyclic) bond motifs is 2. The first-order chi connectivity index (χ1) is 15.2. The number of H-pyrrole nitrogens is 1. The fourth-order valence-electron chi connectivity index (χ4n) is 4.86. The van der Waals surface area contributed by atoms with Gasteiger partial charge in [0.2, 0.25) is 5.91 Å². The monoisotopic (exact) mass is 417 g/mol. The maximum Gasteiger partial charge on any atom is 0.227 e. The molecule has 0 unspecified atom stereocenters. The highest BCUT2D eigenvalue weighted by Gasteiger charge is 2.23. The average Bonchev–Trinajstić information content (AvgIpc) is 3.21. The van der Waals surface area contributed by atoms with E-state index in [0.29, 0.717) is 6.42 Å². The topological polar surface area (TPSA) is 39.3 Å². The largest absolute Gasteiger partial charge is 0.361 e. The summed E-state index contributed by atoms with van der Waals surface area (Å²) >= 11 is 0. The fourth-order valence-corrected chi connectivity index (χ4v) is 4.86. The minimum atomic E-state index is -0.193. The van der Waals surface area contributed by atoms with E-state index < -0.39 is 0 Å². The fraction of sp³-hybridized carbons (Fsp3) is 0.346. The highest BCUT2D eigenvalue weighted by Crippen LogP contribution is 2.30. The van der Waals surface area contributed by atoms with Crippen molar-refractivity contribution in [3.8, 4) is 0 Å². The highest BCUT2D eigenvalue weighted by molar-refractivity contribution is 5.96. The zero-order chi connectivity index (χ0) is 21.2. The maximum atomic E-state index is 13.7. The van der Waals surface area contributed by atoms with Crippen LogP contribution in [-0.4, -0.2) is 42.0 Å². The van der Waals surface area contributed by atoms with E-state index in [1.165, 1.54) is 17.2 Å². The first-order valence-corrected chi connectivity index (χ1v) is 11.3. The molecule has 2 aliphatic heterocycles. The second-order valence-corrected chi connectivity index (χ2v) is 8.55. The molecule has 5 rings (SSSR count). The van der Waals surface area contributed by atoms with Crippen LogP contribution in [0.1, 0.15) is 36.8 Å². The molecule has 0 saturated heterocycles. The van der Waals surface area contributed by atoms with Crippen molar-refractivity contribution in [1.82, 2.24) is 9.88 Å². The van der Waals surface area contributed by atoms with Crippen molar-refractivity contribution < 1.29 is 9.18 Å². The number of aromatic amines is 1. The number of hydrogen-bond acceptors (Lipinski definition) is 2. The molecule has 2 aromatic carbocycles. The van der Waals surface area contributed by atoms with Crippen LogP contribution in [0.3, 0.4) is 0 Å². The number of para-hydroxylation sites is 1. The lowest BCUT2D eigenvalue weighted by Crippen LogP contribution is -2.36. The van der Waals surface area contributed by atoms with Crippen LogP contribution < -0.4 is 4.90 Å². The lowest BCUT2D eigenvalue weighted by Gasteiger charge is -2.30. The van der Waals surface area contributed by atoms with Gasteiger partial charge < -0.3 is 9.88 Å². The van der Waals surface area contributed by atoms with E-state index >= 15 is 0 Å². The Morgan fingerprint density at radius 1 is 1.00 bits per heavy atom. The first kappa shape index (κ1) is 20.0. The van der Waals surface area contributed by atoms with Crippen LogP contribution >= 0.6 is 0 Å². The SMILES string of the molecule is O=C1CCc2ccccc2N1CCCCN1CC=C(c2c[nH]c3ccc(F)cc23)CC1. The summed E-state index contributed by atoms with van der Waals surface area (Å²) in [4.78, 5) is 20.1. The molecule has 3 heterocycles. The summed E-state index contributed by atoms with van der Waals surface area (Å²) in [6, 6.07) is 13.2. The molecule has 1 amide bonds. The lowest BCUT2D eigenvalue weighted by atomic mass is 9.98. The van der Waals surface area contributed by atoms with Gasteiger partial charge in [0.25, 0.3) is 0 Å². The molecule has 160 valence electrons. The van der Waals surface area contributed by atoms with Crippen LogP contribution in [0.4, 0.5) is 10.1 Å². The molecule has 0 spiro atoms. The predicted molar refractivity (Wildman–Crippen MR) is 124 cm³/mol. The number of rotatable bonds is 6. The van der Waals surface area contributed by atoms with E-state index in [2.05, 4.69) is 34.2 Å². The highest BCUT2D eigenvalue weighted by atomic mass is 19.1. The molecule has 0 radical (unpaired) electrons. The molecule has 3 aromatic rings. The van der Waals surface area contributed by atoms with Crippen LogP contribution in [0.5, 0.6) is 0 Å². The Labute approximate surface area is 182 Å². The molecular weight excluding hydrogens is 389 g/mol. The number of unbranched alkanes of at least 4 members (excludes halogenated alkanes) is 1. The van der Waals surface area contributed by atoms with Gasteiger partial charge in [0.05, 0.1) is 0 Å². The standard InChI is InChI=1S/C26H28FN3O/c27-21-8-9-24-22(17-21)23(18-28-24)19-11-15-29(16-12-19)13-3-4-14-30-25-6-2-1-5-20(25)7-10-26(30)31/h1-2,5-6,8-9,11,17-18,28H,3-4,7,10,12-16H2. The van der Waals surface area contributed by atoms with Gasteiger partial charge in [-0.05, 0) is 67.6 Å². The number of carbonyl (C=O) groups is 1.